The summed E-state index contributed by atoms with van der Waals surface area (Å²) >= 11 is 0. The Morgan fingerprint density at radius 1 is 1.38 bits per heavy atom. The molecule has 1 rings (SSSR count). The fourth-order valence-corrected chi connectivity index (χ4v) is 1.55. The van der Waals surface area contributed by atoms with Gasteiger partial charge in [-0.3, -0.25) is 0 Å². The number of amides is 1. The highest BCUT2D eigenvalue weighted by Gasteiger charge is 2.19. The van der Waals surface area contributed by atoms with Gasteiger partial charge < -0.3 is 16.2 Å². The fourth-order valence-electron chi connectivity index (χ4n) is 1.55. The van der Waals surface area contributed by atoms with Crippen molar-refractivity contribution in [1.82, 2.24) is 5.32 Å². The van der Waals surface area contributed by atoms with Gasteiger partial charge in [0, 0.05) is 12.1 Å². The number of rotatable bonds is 1. The van der Waals surface area contributed by atoms with Crippen LogP contribution >= 0.6 is 0 Å². The van der Waals surface area contributed by atoms with E-state index < -0.39 is 6.09 Å². The molecule has 0 saturated carbocycles. The quantitative estimate of drug-likeness (QED) is 0.534. The van der Waals surface area contributed by atoms with Crippen LogP contribution in [0.4, 0.5) is 4.79 Å². The van der Waals surface area contributed by atoms with Gasteiger partial charge in [-0.25, -0.2) is 4.79 Å². The van der Waals surface area contributed by atoms with Crippen LogP contribution in [0.15, 0.2) is 12.2 Å². The molecule has 4 N–H and O–H groups in total. The van der Waals surface area contributed by atoms with Gasteiger partial charge in [0.05, 0.1) is 0 Å². The largest absolute Gasteiger partial charge is 0.465 e. The first-order valence-electron chi connectivity index (χ1n) is 4.60. The number of hydrogen-bond acceptors (Lipinski definition) is 2. The van der Waals surface area contributed by atoms with E-state index in [4.69, 9.17) is 10.8 Å². The summed E-state index contributed by atoms with van der Waals surface area (Å²) in [5.41, 5.74) is 5.84. The summed E-state index contributed by atoms with van der Waals surface area (Å²) in [7, 11) is 0. The number of hydrogen-bond donors (Lipinski definition) is 3. The van der Waals surface area contributed by atoms with Gasteiger partial charge in [0.25, 0.3) is 0 Å². The van der Waals surface area contributed by atoms with Gasteiger partial charge in [-0.05, 0) is 25.7 Å². The van der Waals surface area contributed by atoms with Gasteiger partial charge in [-0.2, -0.15) is 0 Å². The highest BCUT2D eigenvalue weighted by Crippen LogP contribution is 2.11. The molecule has 13 heavy (non-hydrogen) atoms. The van der Waals surface area contributed by atoms with Gasteiger partial charge in [0.15, 0.2) is 0 Å². The van der Waals surface area contributed by atoms with Crippen molar-refractivity contribution in [2.75, 3.05) is 0 Å². The second-order valence-electron chi connectivity index (χ2n) is 3.35. The third-order valence-corrected chi connectivity index (χ3v) is 2.30. The first-order valence-corrected chi connectivity index (χ1v) is 4.60. The molecule has 1 aliphatic carbocycles. The van der Waals surface area contributed by atoms with E-state index in [0.29, 0.717) is 0 Å². The Kier molecular flexibility index (Phi) is 3.76. The number of allylic oxidation sites excluding steroid dienone is 2. The minimum atomic E-state index is -0.981. The monoisotopic (exact) mass is 184 g/mol. The summed E-state index contributed by atoms with van der Waals surface area (Å²) in [5.74, 6) is 0. The summed E-state index contributed by atoms with van der Waals surface area (Å²) in [4.78, 5) is 10.4. The zero-order valence-corrected chi connectivity index (χ0v) is 7.57. The Labute approximate surface area is 77.8 Å². The summed E-state index contributed by atoms with van der Waals surface area (Å²) in [6, 6.07) is -0.150. The average Bonchev–Trinajstić information content (AvgIpc) is 2.04. The van der Waals surface area contributed by atoms with E-state index in [-0.39, 0.29) is 12.1 Å². The van der Waals surface area contributed by atoms with Gasteiger partial charge >= 0.3 is 6.09 Å². The molecular weight excluding hydrogens is 168 g/mol. The van der Waals surface area contributed by atoms with Crippen LogP contribution < -0.4 is 11.1 Å². The van der Waals surface area contributed by atoms with Crippen LogP contribution in [0, 0.1) is 0 Å². The molecule has 74 valence electrons. The number of carbonyl (C=O) groups is 1. The highest BCUT2D eigenvalue weighted by molar-refractivity contribution is 5.64. The molecule has 0 bridgehead atoms. The maximum Gasteiger partial charge on any atom is 0.404 e. The molecule has 0 heterocycles. The van der Waals surface area contributed by atoms with Crippen molar-refractivity contribution in [3.8, 4) is 0 Å². The second-order valence-corrected chi connectivity index (χ2v) is 3.35. The molecule has 1 amide bonds. The molecule has 0 aromatic carbocycles. The molecule has 2 atom stereocenters. The van der Waals surface area contributed by atoms with E-state index in [1.54, 1.807) is 0 Å². The number of nitrogens with one attached hydrogen (secondary N) is 1. The third-order valence-electron chi connectivity index (χ3n) is 2.30. The van der Waals surface area contributed by atoms with Crippen molar-refractivity contribution < 1.29 is 9.90 Å². The molecule has 0 aliphatic heterocycles. The zero-order chi connectivity index (χ0) is 9.68. The van der Waals surface area contributed by atoms with E-state index in [0.717, 1.165) is 25.7 Å². The van der Waals surface area contributed by atoms with Gasteiger partial charge in [0.1, 0.15) is 0 Å². The summed E-state index contributed by atoms with van der Waals surface area (Å²) in [6.07, 6.45) is 6.70. The molecule has 0 radical (unpaired) electrons. The molecule has 2 unspecified atom stereocenters. The zero-order valence-electron chi connectivity index (χ0n) is 7.57. The number of nitrogens with two attached hydrogens (primary N) is 1. The van der Waals surface area contributed by atoms with Crippen LogP contribution in [0.2, 0.25) is 0 Å². The molecule has 4 heteroatoms. The molecule has 0 aromatic heterocycles. The van der Waals surface area contributed by atoms with E-state index >= 15 is 0 Å². The van der Waals surface area contributed by atoms with Crippen LogP contribution in [0.1, 0.15) is 25.7 Å². The topological polar surface area (TPSA) is 75.3 Å². The molecule has 0 spiro atoms. The maximum atomic E-state index is 10.4. The maximum absolute atomic E-state index is 10.4. The van der Waals surface area contributed by atoms with E-state index in [1.807, 2.05) is 0 Å². The molecule has 4 nitrogen and oxygen atoms in total. The highest BCUT2D eigenvalue weighted by atomic mass is 16.4. The lowest BCUT2D eigenvalue weighted by molar-refractivity contribution is 0.186. The first kappa shape index (κ1) is 10.1. The van der Waals surface area contributed by atoms with Crippen molar-refractivity contribution in [3.63, 3.8) is 0 Å². The van der Waals surface area contributed by atoms with Crippen molar-refractivity contribution in [3.05, 3.63) is 12.2 Å². The Balaban J connectivity index is 2.48. The normalized spacial score (nSPS) is 31.5. The Morgan fingerprint density at radius 2 is 2.00 bits per heavy atom. The lowest BCUT2D eigenvalue weighted by atomic mass is 9.96. The first-order chi connectivity index (χ1) is 6.20. The summed E-state index contributed by atoms with van der Waals surface area (Å²) in [5, 5.41) is 11.0. The predicted molar refractivity (Wildman–Crippen MR) is 50.5 cm³/mol. The Hall–Kier alpha value is -1.03. The Bertz CT molecular complexity index is 204. The van der Waals surface area contributed by atoms with Gasteiger partial charge in [-0.1, -0.05) is 12.2 Å². The van der Waals surface area contributed by atoms with Crippen LogP contribution in [0.5, 0.6) is 0 Å². The predicted octanol–water partition coefficient (Wildman–Crippen LogP) is 1.08. The van der Waals surface area contributed by atoms with Gasteiger partial charge in [-0.15, -0.1) is 0 Å². The van der Waals surface area contributed by atoms with Crippen molar-refractivity contribution >= 4 is 6.09 Å². The second kappa shape index (κ2) is 4.87. The average molecular weight is 184 g/mol. The lowest BCUT2D eigenvalue weighted by Gasteiger charge is -2.24. The molecule has 1 aliphatic rings. The van der Waals surface area contributed by atoms with Crippen LogP contribution in [0.25, 0.3) is 0 Å². The van der Waals surface area contributed by atoms with Crippen LogP contribution in [0.3, 0.4) is 0 Å². The van der Waals surface area contributed by atoms with Crippen molar-refractivity contribution in [1.29, 1.82) is 0 Å². The number of carboxylic acid groups (broad SMARTS) is 1. The molecular formula is C9H16N2O2. The molecule has 0 fully saturated rings. The smallest absolute Gasteiger partial charge is 0.404 e. The minimum absolute atomic E-state index is 0.0546. The van der Waals surface area contributed by atoms with E-state index in [9.17, 15) is 4.79 Å². The van der Waals surface area contributed by atoms with E-state index in [1.165, 1.54) is 0 Å². The third kappa shape index (κ3) is 3.46. The minimum Gasteiger partial charge on any atom is -0.465 e. The molecule has 0 aromatic rings. The molecule has 0 saturated heterocycles. The van der Waals surface area contributed by atoms with E-state index in [2.05, 4.69) is 17.5 Å². The fraction of sp³-hybridized carbons (Fsp3) is 0.667. The Morgan fingerprint density at radius 3 is 2.62 bits per heavy atom. The lowest BCUT2D eigenvalue weighted by Crippen LogP contribution is -2.47. The summed E-state index contributed by atoms with van der Waals surface area (Å²) < 4.78 is 0. The summed E-state index contributed by atoms with van der Waals surface area (Å²) in [6.45, 7) is 0. The van der Waals surface area contributed by atoms with Crippen molar-refractivity contribution in [2.45, 2.75) is 37.8 Å². The van der Waals surface area contributed by atoms with Gasteiger partial charge in [0.2, 0.25) is 0 Å². The standard InChI is InChI=1S/C9H16N2O2/c10-7-5-3-1-2-4-6-8(7)11-9(12)13/h1-2,7-8,11H,3-6,10H2,(H,12,13)/b2-1+. The van der Waals surface area contributed by atoms with Crippen LogP contribution in [-0.4, -0.2) is 23.3 Å². The van der Waals surface area contributed by atoms with Crippen LogP contribution in [-0.2, 0) is 0 Å². The van der Waals surface area contributed by atoms with Crippen molar-refractivity contribution in [2.24, 2.45) is 5.73 Å². The SMILES string of the molecule is NC1CC/C=C/CCC1NC(=O)O.